The number of hydrogen-bond acceptors (Lipinski definition) is 8. The SMILES string of the molecule is NCC1CCCCN1C[C@H]1O[C@@H](n2ccc3c(N)ncnc32)[C@H](O)[C@@H]1O. The lowest BCUT2D eigenvalue weighted by molar-refractivity contribution is -0.0500. The van der Waals surface area contributed by atoms with Gasteiger partial charge >= 0.3 is 0 Å². The summed E-state index contributed by atoms with van der Waals surface area (Å²) < 4.78 is 7.76. The molecule has 0 saturated carbocycles. The van der Waals surface area contributed by atoms with E-state index < -0.39 is 24.5 Å². The van der Waals surface area contributed by atoms with Crippen LogP contribution in [0.4, 0.5) is 5.82 Å². The summed E-state index contributed by atoms with van der Waals surface area (Å²) in [6.07, 6.45) is 3.25. The van der Waals surface area contributed by atoms with E-state index >= 15 is 0 Å². The molecule has 26 heavy (non-hydrogen) atoms. The maximum atomic E-state index is 10.6. The molecule has 0 aromatic carbocycles. The molecule has 2 aliphatic heterocycles. The van der Waals surface area contributed by atoms with Crippen LogP contribution in [-0.4, -0.2) is 73.6 Å². The third-order valence-electron chi connectivity index (χ3n) is 5.59. The Bertz CT molecular complexity index is 768. The molecule has 6 N–H and O–H groups in total. The fourth-order valence-corrected chi connectivity index (χ4v) is 4.10. The minimum Gasteiger partial charge on any atom is -0.387 e. The first-order chi connectivity index (χ1) is 12.6. The van der Waals surface area contributed by atoms with E-state index in [4.69, 9.17) is 16.2 Å². The Kier molecular flexibility index (Phi) is 4.80. The molecule has 2 saturated heterocycles. The second kappa shape index (κ2) is 7.09. The fourth-order valence-electron chi connectivity index (χ4n) is 4.10. The van der Waals surface area contributed by atoms with Crippen molar-refractivity contribution in [2.75, 3.05) is 25.4 Å². The Hall–Kier alpha value is -1.78. The van der Waals surface area contributed by atoms with Crippen LogP contribution in [0.15, 0.2) is 18.6 Å². The van der Waals surface area contributed by atoms with Crippen molar-refractivity contribution in [2.24, 2.45) is 5.73 Å². The van der Waals surface area contributed by atoms with Crippen LogP contribution in [0.5, 0.6) is 0 Å². The third-order valence-corrected chi connectivity index (χ3v) is 5.59. The Morgan fingerprint density at radius 2 is 2.08 bits per heavy atom. The van der Waals surface area contributed by atoms with E-state index in [2.05, 4.69) is 14.9 Å². The van der Waals surface area contributed by atoms with E-state index in [1.54, 1.807) is 16.8 Å². The third kappa shape index (κ3) is 2.95. The first-order valence-electron chi connectivity index (χ1n) is 9.13. The predicted molar refractivity (Wildman–Crippen MR) is 96.1 cm³/mol. The maximum Gasteiger partial charge on any atom is 0.164 e. The molecule has 0 bridgehead atoms. The number of rotatable bonds is 4. The van der Waals surface area contributed by atoms with E-state index in [1.807, 2.05) is 0 Å². The molecule has 2 aromatic rings. The van der Waals surface area contributed by atoms with E-state index in [1.165, 1.54) is 12.7 Å². The molecule has 0 aliphatic carbocycles. The van der Waals surface area contributed by atoms with Gasteiger partial charge in [-0.1, -0.05) is 6.42 Å². The number of nitrogen functional groups attached to an aromatic ring is 1. The number of nitrogens with two attached hydrogens (primary N) is 2. The summed E-state index contributed by atoms with van der Waals surface area (Å²) in [5.41, 5.74) is 12.3. The smallest absolute Gasteiger partial charge is 0.164 e. The van der Waals surface area contributed by atoms with E-state index in [0.717, 1.165) is 19.4 Å². The first kappa shape index (κ1) is 17.6. The van der Waals surface area contributed by atoms with Gasteiger partial charge in [-0.25, -0.2) is 9.97 Å². The van der Waals surface area contributed by atoms with Gasteiger partial charge in [-0.05, 0) is 25.5 Å². The largest absolute Gasteiger partial charge is 0.387 e. The number of aliphatic hydroxyl groups is 2. The van der Waals surface area contributed by atoms with Crippen LogP contribution < -0.4 is 11.5 Å². The molecule has 2 fully saturated rings. The first-order valence-corrected chi connectivity index (χ1v) is 9.13. The van der Waals surface area contributed by atoms with Crippen molar-refractivity contribution in [1.82, 2.24) is 19.4 Å². The standard InChI is InChI=1S/C17H26N6O3/c18-7-10-3-1-2-5-22(10)8-12-13(24)14(25)17(26-12)23-6-4-11-15(19)20-9-21-16(11)23/h4,6,9-10,12-14,17,24-25H,1-3,5,7-8,18H2,(H2,19,20,21)/t10?,12-,13-,14-,17-/m1/s1. The summed E-state index contributed by atoms with van der Waals surface area (Å²) in [5.74, 6) is 0.373. The summed E-state index contributed by atoms with van der Waals surface area (Å²) in [6.45, 7) is 2.07. The summed E-state index contributed by atoms with van der Waals surface area (Å²) in [5, 5.41) is 21.8. The number of hydrogen-bond donors (Lipinski definition) is 4. The van der Waals surface area contributed by atoms with Gasteiger partial charge in [-0.2, -0.15) is 0 Å². The predicted octanol–water partition coefficient (Wildman–Crippen LogP) is -0.554. The molecule has 4 rings (SSSR count). The summed E-state index contributed by atoms with van der Waals surface area (Å²) in [4.78, 5) is 10.5. The zero-order valence-electron chi connectivity index (χ0n) is 14.6. The Balaban J connectivity index is 1.55. The molecule has 4 heterocycles. The van der Waals surface area contributed by atoms with Gasteiger partial charge in [-0.15, -0.1) is 0 Å². The highest BCUT2D eigenvalue weighted by Gasteiger charge is 2.45. The molecule has 0 radical (unpaired) electrons. The second-order valence-corrected chi connectivity index (χ2v) is 7.15. The van der Waals surface area contributed by atoms with E-state index in [0.29, 0.717) is 36.0 Å². The van der Waals surface area contributed by atoms with Crippen molar-refractivity contribution in [1.29, 1.82) is 0 Å². The summed E-state index contributed by atoms with van der Waals surface area (Å²) >= 11 is 0. The number of fused-ring (bicyclic) bond motifs is 1. The Labute approximate surface area is 151 Å². The van der Waals surface area contributed by atoms with Crippen LogP contribution in [0, 0.1) is 0 Å². The van der Waals surface area contributed by atoms with Gasteiger partial charge in [-0.3, -0.25) is 4.90 Å². The minimum atomic E-state index is -1.05. The molecule has 1 unspecified atom stereocenters. The van der Waals surface area contributed by atoms with Crippen LogP contribution in [0.2, 0.25) is 0 Å². The van der Waals surface area contributed by atoms with Crippen molar-refractivity contribution in [3.05, 3.63) is 18.6 Å². The fraction of sp³-hybridized carbons (Fsp3) is 0.647. The number of anilines is 1. The van der Waals surface area contributed by atoms with Crippen LogP contribution in [0.25, 0.3) is 11.0 Å². The Morgan fingerprint density at radius 3 is 2.88 bits per heavy atom. The molecule has 0 amide bonds. The number of aromatic nitrogens is 3. The van der Waals surface area contributed by atoms with Crippen LogP contribution in [-0.2, 0) is 4.74 Å². The molecule has 9 heteroatoms. The molecular formula is C17H26N6O3. The quantitative estimate of drug-likeness (QED) is 0.569. The van der Waals surface area contributed by atoms with Crippen molar-refractivity contribution >= 4 is 16.9 Å². The van der Waals surface area contributed by atoms with Crippen LogP contribution >= 0.6 is 0 Å². The average Bonchev–Trinajstić information content (AvgIpc) is 3.20. The van der Waals surface area contributed by atoms with Crippen LogP contribution in [0.3, 0.4) is 0 Å². The number of nitrogens with zero attached hydrogens (tertiary/aromatic N) is 4. The minimum absolute atomic E-state index is 0.302. The monoisotopic (exact) mass is 362 g/mol. The number of aliphatic hydroxyl groups excluding tert-OH is 2. The molecule has 5 atom stereocenters. The molecule has 0 spiro atoms. The van der Waals surface area contributed by atoms with Crippen molar-refractivity contribution < 1.29 is 14.9 Å². The van der Waals surface area contributed by atoms with Gasteiger partial charge in [0, 0.05) is 25.3 Å². The highest BCUT2D eigenvalue weighted by Crippen LogP contribution is 2.33. The highest BCUT2D eigenvalue weighted by molar-refractivity contribution is 5.86. The van der Waals surface area contributed by atoms with Gasteiger partial charge in [0.25, 0.3) is 0 Å². The van der Waals surface area contributed by atoms with Gasteiger partial charge in [0.1, 0.15) is 36.1 Å². The van der Waals surface area contributed by atoms with Crippen LogP contribution in [0.1, 0.15) is 25.5 Å². The maximum absolute atomic E-state index is 10.6. The Morgan fingerprint density at radius 1 is 1.23 bits per heavy atom. The lowest BCUT2D eigenvalue weighted by Crippen LogP contribution is -2.49. The zero-order chi connectivity index (χ0) is 18.3. The van der Waals surface area contributed by atoms with Crippen molar-refractivity contribution in [3.63, 3.8) is 0 Å². The number of ether oxygens (including phenoxy) is 1. The van der Waals surface area contributed by atoms with Gasteiger partial charge in [0.05, 0.1) is 5.39 Å². The molecular weight excluding hydrogens is 336 g/mol. The topological polar surface area (TPSA) is 136 Å². The highest BCUT2D eigenvalue weighted by atomic mass is 16.6. The number of likely N-dealkylation sites (tertiary alicyclic amines) is 1. The second-order valence-electron chi connectivity index (χ2n) is 7.15. The lowest BCUT2D eigenvalue weighted by Gasteiger charge is -2.36. The van der Waals surface area contributed by atoms with E-state index in [-0.39, 0.29) is 0 Å². The van der Waals surface area contributed by atoms with Crippen molar-refractivity contribution in [3.8, 4) is 0 Å². The van der Waals surface area contributed by atoms with E-state index in [9.17, 15) is 10.2 Å². The van der Waals surface area contributed by atoms with Crippen molar-refractivity contribution in [2.45, 2.75) is 49.8 Å². The van der Waals surface area contributed by atoms with Gasteiger partial charge in [0.15, 0.2) is 6.23 Å². The molecule has 2 aromatic heterocycles. The van der Waals surface area contributed by atoms with Gasteiger partial charge in [0.2, 0.25) is 0 Å². The van der Waals surface area contributed by atoms with Gasteiger partial charge < -0.3 is 31.0 Å². The normalized spacial score (nSPS) is 33.1. The summed E-state index contributed by atoms with van der Waals surface area (Å²) in [6, 6.07) is 2.09. The average molecular weight is 362 g/mol. The lowest BCUT2D eigenvalue weighted by atomic mass is 10.0. The molecule has 2 aliphatic rings. The molecule has 142 valence electrons. The summed E-state index contributed by atoms with van der Waals surface area (Å²) in [7, 11) is 0. The zero-order valence-corrected chi connectivity index (χ0v) is 14.6. The number of piperidine rings is 1. The molecule has 9 nitrogen and oxygen atoms in total.